The first-order chi connectivity index (χ1) is 7.25. The molecule has 1 aromatic carbocycles. The van der Waals surface area contributed by atoms with Crippen molar-refractivity contribution in [1.29, 1.82) is 0 Å². The maximum absolute atomic E-state index is 5.24. The fourth-order valence-corrected chi connectivity index (χ4v) is 1.81. The Labute approximate surface area is 103 Å². The van der Waals surface area contributed by atoms with Crippen LogP contribution < -0.4 is 11.5 Å². The molecule has 0 spiro atoms. The van der Waals surface area contributed by atoms with Crippen LogP contribution in [0.1, 0.15) is 0 Å². The third kappa shape index (κ3) is 2.91. The minimum atomic E-state index is -0.00855. The zero-order valence-electron chi connectivity index (χ0n) is 8.20. The van der Waals surface area contributed by atoms with E-state index in [0.717, 1.165) is 10.6 Å². The highest BCUT2D eigenvalue weighted by Gasteiger charge is 2.04. The number of hydrogen-bond acceptors (Lipinski definition) is 4. The summed E-state index contributed by atoms with van der Waals surface area (Å²) in [4.78, 5) is 3.82. The van der Waals surface area contributed by atoms with E-state index in [-0.39, 0.29) is 18.4 Å². The summed E-state index contributed by atoms with van der Waals surface area (Å²) >= 11 is 1.34. The molecule has 0 saturated carbocycles. The molecule has 84 valence electrons. The highest BCUT2D eigenvalue weighted by molar-refractivity contribution is 7.18. The first-order valence-corrected chi connectivity index (χ1v) is 5.06. The van der Waals surface area contributed by atoms with E-state index in [1.54, 1.807) is 0 Å². The van der Waals surface area contributed by atoms with Crippen molar-refractivity contribution in [2.45, 2.75) is 0 Å². The zero-order valence-corrected chi connectivity index (χ0v) is 9.83. The second-order valence-corrected chi connectivity index (χ2v) is 3.75. The molecule has 7 heteroatoms. The van der Waals surface area contributed by atoms with Gasteiger partial charge in [-0.25, -0.2) is 0 Å². The molecule has 5 nitrogen and oxygen atoms in total. The highest BCUT2D eigenvalue weighted by Crippen LogP contribution is 2.27. The molecule has 0 radical (unpaired) electrons. The van der Waals surface area contributed by atoms with E-state index < -0.39 is 0 Å². The molecular formula is C9H10ClN5S. The van der Waals surface area contributed by atoms with E-state index in [0.29, 0.717) is 5.13 Å². The number of nitrogens with two attached hydrogens (primary N) is 2. The predicted octanol–water partition coefficient (Wildman–Crippen LogP) is 1.53. The van der Waals surface area contributed by atoms with Crippen molar-refractivity contribution in [2.75, 3.05) is 0 Å². The van der Waals surface area contributed by atoms with Crippen molar-refractivity contribution in [3.05, 3.63) is 30.3 Å². The Morgan fingerprint density at radius 2 is 1.81 bits per heavy atom. The van der Waals surface area contributed by atoms with Gasteiger partial charge in [-0.15, -0.1) is 22.6 Å². The largest absolute Gasteiger partial charge is 0.370 e. The van der Waals surface area contributed by atoms with Crippen LogP contribution in [0.5, 0.6) is 0 Å². The summed E-state index contributed by atoms with van der Waals surface area (Å²) in [5.74, 6) is -0.00855. The van der Waals surface area contributed by atoms with Crippen LogP contribution in [0.25, 0.3) is 10.6 Å². The number of aromatic nitrogens is 2. The predicted molar refractivity (Wildman–Crippen MR) is 68.1 cm³/mol. The van der Waals surface area contributed by atoms with Crippen molar-refractivity contribution in [2.24, 2.45) is 16.5 Å². The lowest BCUT2D eigenvalue weighted by Gasteiger charge is -1.91. The monoisotopic (exact) mass is 255 g/mol. The van der Waals surface area contributed by atoms with Gasteiger partial charge in [-0.1, -0.05) is 41.7 Å². The second-order valence-electron chi connectivity index (χ2n) is 2.79. The molecule has 0 saturated heterocycles. The first kappa shape index (κ1) is 12.4. The van der Waals surface area contributed by atoms with Gasteiger partial charge in [-0.05, 0) is 0 Å². The lowest BCUT2D eigenvalue weighted by molar-refractivity contribution is 1.08. The Morgan fingerprint density at radius 1 is 1.12 bits per heavy atom. The lowest BCUT2D eigenvalue weighted by atomic mass is 10.2. The summed E-state index contributed by atoms with van der Waals surface area (Å²) in [7, 11) is 0. The molecule has 1 heterocycles. The molecule has 0 fully saturated rings. The van der Waals surface area contributed by atoms with Gasteiger partial charge in [-0.2, -0.15) is 4.99 Å². The topological polar surface area (TPSA) is 90.2 Å². The van der Waals surface area contributed by atoms with Crippen LogP contribution in [-0.4, -0.2) is 16.2 Å². The first-order valence-electron chi connectivity index (χ1n) is 4.24. The van der Waals surface area contributed by atoms with Crippen molar-refractivity contribution < 1.29 is 0 Å². The molecule has 0 unspecified atom stereocenters. The third-order valence-corrected chi connectivity index (χ3v) is 2.53. The van der Waals surface area contributed by atoms with Crippen molar-refractivity contribution in [3.8, 4) is 10.6 Å². The average Bonchev–Trinajstić information content (AvgIpc) is 2.67. The van der Waals surface area contributed by atoms with E-state index in [1.807, 2.05) is 30.3 Å². The number of nitrogens with zero attached hydrogens (tertiary/aromatic N) is 3. The van der Waals surface area contributed by atoms with Crippen LogP contribution in [0.3, 0.4) is 0 Å². The maximum Gasteiger partial charge on any atom is 0.235 e. The molecule has 2 rings (SSSR count). The van der Waals surface area contributed by atoms with Crippen molar-refractivity contribution in [3.63, 3.8) is 0 Å². The smallest absolute Gasteiger partial charge is 0.235 e. The van der Waals surface area contributed by atoms with Gasteiger partial charge in [0, 0.05) is 5.56 Å². The number of benzene rings is 1. The minimum absolute atomic E-state index is 0. The van der Waals surface area contributed by atoms with Crippen LogP contribution in [0.15, 0.2) is 35.3 Å². The third-order valence-electron chi connectivity index (χ3n) is 1.66. The number of hydrogen-bond donors (Lipinski definition) is 2. The average molecular weight is 256 g/mol. The van der Waals surface area contributed by atoms with Crippen LogP contribution in [0, 0.1) is 0 Å². The van der Waals surface area contributed by atoms with E-state index in [2.05, 4.69) is 15.2 Å². The minimum Gasteiger partial charge on any atom is -0.370 e. The molecule has 0 aliphatic rings. The highest BCUT2D eigenvalue weighted by atomic mass is 35.5. The van der Waals surface area contributed by atoms with Crippen LogP contribution >= 0.6 is 23.7 Å². The van der Waals surface area contributed by atoms with Gasteiger partial charge in [0.2, 0.25) is 5.13 Å². The van der Waals surface area contributed by atoms with Crippen LogP contribution in [-0.2, 0) is 0 Å². The summed E-state index contributed by atoms with van der Waals surface area (Å²) in [5.41, 5.74) is 11.5. The Hall–Kier alpha value is -1.66. The fraction of sp³-hybridized carbons (Fsp3) is 0. The normalized spacial score (nSPS) is 9.25. The molecule has 4 N–H and O–H groups in total. The number of guanidine groups is 1. The molecule has 0 aliphatic carbocycles. The Kier molecular flexibility index (Phi) is 4.21. The van der Waals surface area contributed by atoms with Gasteiger partial charge >= 0.3 is 0 Å². The Morgan fingerprint density at radius 3 is 2.44 bits per heavy atom. The van der Waals surface area contributed by atoms with E-state index in [4.69, 9.17) is 11.5 Å². The standard InChI is InChI=1S/C9H9N5S.ClH/c10-8(11)12-9-14-13-7(15-9)6-4-2-1-3-5-6;/h1-5H,(H4,10,11,12,14);1H. The maximum atomic E-state index is 5.24. The summed E-state index contributed by atoms with van der Waals surface area (Å²) in [6, 6.07) is 9.75. The molecule has 16 heavy (non-hydrogen) atoms. The van der Waals surface area contributed by atoms with Gasteiger partial charge in [0.1, 0.15) is 5.01 Å². The second kappa shape index (κ2) is 5.43. The molecule has 0 amide bonds. The van der Waals surface area contributed by atoms with Gasteiger partial charge in [0.15, 0.2) is 5.96 Å². The summed E-state index contributed by atoms with van der Waals surface area (Å²) < 4.78 is 0. The fourth-order valence-electron chi connectivity index (χ4n) is 1.07. The van der Waals surface area contributed by atoms with Crippen LogP contribution in [0.4, 0.5) is 5.13 Å². The molecule has 1 aromatic heterocycles. The van der Waals surface area contributed by atoms with Crippen molar-refractivity contribution >= 4 is 34.8 Å². The summed E-state index contributed by atoms with van der Waals surface area (Å²) in [6.45, 7) is 0. The molecule has 0 aliphatic heterocycles. The zero-order chi connectivity index (χ0) is 10.7. The van der Waals surface area contributed by atoms with E-state index in [1.165, 1.54) is 11.3 Å². The van der Waals surface area contributed by atoms with E-state index >= 15 is 0 Å². The SMILES string of the molecule is Cl.NC(N)=Nc1nnc(-c2ccccc2)s1. The number of halogens is 1. The number of rotatable bonds is 2. The van der Waals surface area contributed by atoms with Gasteiger partial charge in [0.05, 0.1) is 0 Å². The number of aliphatic imine (C=N–C) groups is 1. The summed E-state index contributed by atoms with van der Waals surface area (Å²) in [6.07, 6.45) is 0. The quantitative estimate of drug-likeness (QED) is 0.629. The summed E-state index contributed by atoms with van der Waals surface area (Å²) in [5, 5.41) is 9.11. The van der Waals surface area contributed by atoms with Crippen molar-refractivity contribution in [1.82, 2.24) is 10.2 Å². The van der Waals surface area contributed by atoms with Gasteiger partial charge < -0.3 is 11.5 Å². The molecule has 0 atom stereocenters. The lowest BCUT2D eigenvalue weighted by Crippen LogP contribution is -2.21. The van der Waals surface area contributed by atoms with Gasteiger partial charge in [-0.3, -0.25) is 0 Å². The molecular weight excluding hydrogens is 246 g/mol. The molecule has 0 bridgehead atoms. The van der Waals surface area contributed by atoms with E-state index in [9.17, 15) is 0 Å². The molecule has 2 aromatic rings. The van der Waals surface area contributed by atoms with Crippen LogP contribution in [0.2, 0.25) is 0 Å². The van der Waals surface area contributed by atoms with Gasteiger partial charge in [0.25, 0.3) is 0 Å². The Bertz CT molecular complexity index is 478. The Balaban J connectivity index is 0.00000128.